The van der Waals surface area contributed by atoms with Gasteiger partial charge in [-0.15, -0.1) is 0 Å². The molecule has 0 bridgehead atoms. The van der Waals surface area contributed by atoms with Crippen molar-refractivity contribution >= 4 is 5.95 Å². The molecule has 4 heteroatoms. The molecule has 4 nitrogen and oxygen atoms in total. The van der Waals surface area contributed by atoms with Crippen molar-refractivity contribution in [2.24, 2.45) is 0 Å². The van der Waals surface area contributed by atoms with Crippen LogP contribution in [0.25, 0.3) is 0 Å². The number of unbranched alkanes of at least 4 members (excludes halogenated alkanes) is 3. The second kappa shape index (κ2) is 8.73. The van der Waals surface area contributed by atoms with Gasteiger partial charge >= 0.3 is 0 Å². The molecule has 1 heterocycles. The second-order valence-electron chi connectivity index (χ2n) is 5.00. The zero-order valence-corrected chi connectivity index (χ0v) is 12.7. The van der Waals surface area contributed by atoms with Gasteiger partial charge in [0.15, 0.2) is 0 Å². The standard InChI is InChI=1S/C15H27N3O/c1-5-7-8-9-10-12(3)16-15-17-13(4)11-14(18-15)19-6-2/h11-12H,5-10H2,1-4H3,(H,16,17,18). The van der Waals surface area contributed by atoms with Gasteiger partial charge in [-0.1, -0.05) is 32.6 Å². The second-order valence-corrected chi connectivity index (χ2v) is 5.00. The van der Waals surface area contributed by atoms with Crippen molar-refractivity contribution in [1.82, 2.24) is 9.97 Å². The summed E-state index contributed by atoms with van der Waals surface area (Å²) in [5.41, 5.74) is 0.930. The number of hydrogen-bond acceptors (Lipinski definition) is 4. The van der Waals surface area contributed by atoms with E-state index in [1.807, 2.05) is 19.9 Å². The first-order valence-electron chi connectivity index (χ1n) is 7.40. The third-order valence-corrected chi connectivity index (χ3v) is 2.99. The van der Waals surface area contributed by atoms with Gasteiger partial charge in [-0.3, -0.25) is 0 Å². The summed E-state index contributed by atoms with van der Waals surface area (Å²) in [5.74, 6) is 1.32. The van der Waals surface area contributed by atoms with Crippen LogP contribution in [-0.4, -0.2) is 22.6 Å². The van der Waals surface area contributed by atoms with E-state index in [0.717, 1.165) is 12.1 Å². The van der Waals surface area contributed by atoms with Crippen molar-refractivity contribution < 1.29 is 4.74 Å². The van der Waals surface area contributed by atoms with Gasteiger partial charge in [0.1, 0.15) is 0 Å². The van der Waals surface area contributed by atoms with Gasteiger partial charge < -0.3 is 10.1 Å². The molecule has 1 atom stereocenters. The third kappa shape index (κ3) is 6.41. The highest BCUT2D eigenvalue weighted by Crippen LogP contribution is 2.14. The number of aromatic nitrogens is 2. The first kappa shape index (κ1) is 15.7. The minimum absolute atomic E-state index is 0.396. The summed E-state index contributed by atoms with van der Waals surface area (Å²) in [6.45, 7) is 8.96. The number of ether oxygens (including phenoxy) is 1. The lowest BCUT2D eigenvalue weighted by atomic mass is 10.1. The molecule has 1 unspecified atom stereocenters. The molecule has 0 aliphatic heterocycles. The number of anilines is 1. The summed E-state index contributed by atoms with van der Waals surface area (Å²) in [6, 6.07) is 2.26. The molecular formula is C15H27N3O. The molecule has 0 aromatic carbocycles. The highest BCUT2D eigenvalue weighted by Gasteiger charge is 2.06. The Balaban J connectivity index is 2.46. The van der Waals surface area contributed by atoms with Gasteiger partial charge in [0, 0.05) is 17.8 Å². The van der Waals surface area contributed by atoms with Crippen LogP contribution in [0.15, 0.2) is 6.07 Å². The van der Waals surface area contributed by atoms with Crippen molar-refractivity contribution in [3.63, 3.8) is 0 Å². The molecule has 108 valence electrons. The van der Waals surface area contributed by atoms with E-state index >= 15 is 0 Å². The van der Waals surface area contributed by atoms with Crippen molar-refractivity contribution in [2.75, 3.05) is 11.9 Å². The van der Waals surface area contributed by atoms with Gasteiger partial charge in [-0.05, 0) is 27.2 Å². The Kier molecular flexibility index (Phi) is 7.23. The summed E-state index contributed by atoms with van der Waals surface area (Å²) in [4.78, 5) is 8.76. The molecular weight excluding hydrogens is 238 g/mol. The summed E-state index contributed by atoms with van der Waals surface area (Å²) >= 11 is 0. The number of aryl methyl sites for hydroxylation is 1. The third-order valence-electron chi connectivity index (χ3n) is 2.99. The van der Waals surface area contributed by atoms with Crippen LogP contribution in [-0.2, 0) is 0 Å². The van der Waals surface area contributed by atoms with Gasteiger partial charge in [0.05, 0.1) is 6.61 Å². The van der Waals surface area contributed by atoms with E-state index in [4.69, 9.17) is 4.74 Å². The summed E-state index contributed by atoms with van der Waals surface area (Å²) in [6.07, 6.45) is 6.32. The number of nitrogens with zero attached hydrogens (tertiary/aromatic N) is 2. The number of hydrogen-bond donors (Lipinski definition) is 1. The minimum atomic E-state index is 0.396. The Bertz CT molecular complexity index is 368. The van der Waals surface area contributed by atoms with Crippen molar-refractivity contribution in [3.8, 4) is 5.88 Å². The Morgan fingerprint density at radius 2 is 2.00 bits per heavy atom. The largest absolute Gasteiger partial charge is 0.478 e. The fourth-order valence-electron chi connectivity index (χ4n) is 2.00. The van der Waals surface area contributed by atoms with Crippen molar-refractivity contribution in [1.29, 1.82) is 0 Å². The average Bonchev–Trinajstić information content (AvgIpc) is 2.34. The van der Waals surface area contributed by atoms with Gasteiger partial charge in [0.2, 0.25) is 11.8 Å². The minimum Gasteiger partial charge on any atom is -0.478 e. The van der Waals surface area contributed by atoms with Crippen LogP contribution in [0.4, 0.5) is 5.95 Å². The molecule has 0 saturated carbocycles. The van der Waals surface area contributed by atoms with E-state index in [1.54, 1.807) is 0 Å². The van der Waals surface area contributed by atoms with E-state index in [1.165, 1.54) is 25.7 Å². The lowest BCUT2D eigenvalue weighted by Crippen LogP contribution is -2.17. The molecule has 0 amide bonds. The molecule has 0 saturated heterocycles. The highest BCUT2D eigenvalue weighted by atomic mass is 16.5. The maximum absolute atomic E-state index is 5.43. The van der Waals surface area contributed by atoms with Gasteiger partial charge in [-0.2, -0.15) is 4.98 Å². The van der Waals surface area contributed by atoms with Crippen LogP contribution in [0.5, 0.6) is 5.88 Å². The first-order valence-corrected chi connectivity index (χ1v) is 7.40. The van der Waals surface area contributed by atoms with E-state index in [9.17, 15) is 0 Å². The highest BCUT2D eigenvalue weighted by molar-refractivity contribution is 5.31. The lowest BCUT2D eigenvalue weighted by molar-refractivity contribution is 0.326. The lowest BCUT2D eigenvalue weighted by Gasteiger charge is -2.14. The zero-order valence-electron chi connectivity index (χ0n) is 12.7. The molecule has 0 fully saturated rings. The van der Waals surface area contributed by atoms with E-state index in [2.05, 4.69) is 29.1 Å². The molecule has 0 aliphatic carbocycles. The number of rotatable bonds is 9. The van der Waals surface area contributed by atoms with Crippen LogP contribution in [0, 0.1) is 6.92 Å². The van der Waals surface area contributed by atoms with Crippen LogP contribution < -0.4 is 10.1 Å². The topological polar surface area (TPSA) is 47.0 Å². The normalized spacial score (nSPS) is 12.2. The SMILES string of the molecule is CCCCCCC(C)Nc1nc(C)cc(OCC)n1. The molecule has 0 radical (unpaired) electrons. The van der Waals surface area contributed by atoms with E-state index in [-0.39, 0.29) is 0 Å². The van der Waals surface area contributed by atoms with Crippen LogP contribution in [0.3, 0.4) is 0 Å². The Hall–Kier alpha value is -1.32. The van der Waals surface area contributed by atoms with E-state index in [0.29, 0.717) is 24.5 Å². The van der Waals surface area contributed by atoms with Crippen LogP contribution in [0.1, 0.15) is 58.6 Å². The predicted molar refractivity (Wildman–Crippen MR) is 79.8 cm³/mol. The maximum atomic E-state index is 5.43. The molecule has 1 aromatic heterocycles. The zero-order chi connectivity index (χ0) is 14.1. The Morgan fingerprint density at radius 3 is 2.68 bits per heavy atom. The smallest absolute Gasteiger partial charge is 0.226 e. The predicted octanol–water partition coefficient (Wildman–Crippen LogP) is 3.95. The fourth-order valence-corrected chi connectivity index (χ4v) is 2.00. The van der Waals surface area contributed by atoms with Gasteiger partial charge in [-0.25, -0.2) is 4.98 Å². The van der Waals surface area contributed by atoms with Crippen LogP contribution >= 0.6 is 0 Å². The van der Waals surface area contributed by atoms with Crippen molar-refractivity contribution in [2.45, 2.75) is 65.8 Å². The van der Waals surface area contributed by atoms with Crippen LogP contribution in [0.2, 0.25) is 0 Å². The fraction of sp³-hybridized carbons (Fsp3) is 0.733. The molecule has 0 spiro atoms. The molecule has 1 N–H and O–H groups in total. The molecule has 0 aliphatic rings. The monoisotopic (exact) mass is 265 g/mol. The van der Waals surface area contributed by atoms with Crippen molar-refractivity contribution in [3.05, 3.63) is 11.8 Å². The van der Waals surface area contributed by atoms with Gasteiger partial charge in [0.25, 0.3) is 0 Å². The summed E-state index contributed by atoms with van der Waals surface area (Å²) in [5, 5.41) is 3.36. The Labute approximate surface area is 117 Å². The quantitative estimate of drug-likeness (QED) is 0.687. The molecule has 1 rings (SSSR count). The maximum Gasteiger partial charge on any atom is 0.226 e. The first-order chi connectivity index (χ1) is 9.15. The Morgan fingerprint density at radius 1 is 1.21 bits per heavy atom. The molecule has 19 heavy (non-hydrogen) atoms. The summed E-state index contributed by atoms with van der Waals surface area (Å²) < 4.78 is 5.43. The molecule has 1 aromatic rings. The number of nitrogens with one attached hydrogen (secondary N) is 1. The average molecular weight is 265 g/mol. The van der Waals surface area contributed by atoms with E-state index < -0.39 is 0 Å². The summed E-state index contributed by atoms with van der Waals surface area (Å²) in [7, 11) is 0.